The number of carboxylic acid groups (broad SMARTS) is 1. The van der Waals surface area contributed by atoms with Crippen LogP contribution in [-0.4, -0.2) is 11.1 Å². The molecule has 0 aliphatic carbocycles. The third-order valence-corrected chi connectivity index (χ3v) is 2.76. The molecule has 6 heteroatoms. The molecule has 0 aromatic heterocycles. The van der Waals surface area contributed by atoms with Gasteiger partial charge in [-0.2, -0.15) is 0 Å². The highest BCUT2D eigenvalue weighted by Gasteiger charge is 2.17. The van der Waals surface area contributed by atoms with Gasteiger partial charge in [0.05, 0.1) is 6.42 Å². The second-order valence-electron chi connectivity index (χ2n) is 4.19. The average Bonchev–Trinajstić information content (AvgIpc) is 2.38. The lowest BCUT2D eigenvalue weighted by Crippen LogP contribution is -2.36. The fraction of sp³-hybridized carbons (Fsp3) is 0.154. The Balaban J connectivity index is 2.06. The van der Waals surface area contributed by atoms with Crippen molar-refractivity contribution in [3.8, 4) is 0 Å². The van der Waals surface area contributed by atoms with Gasteiger partial charge in [0.15, 0.2) is 0 Å². The third-order valence-electron chi connectivity index (χ3n) is 2.76. The van der Waals surface area contributed by atoms with Crippen LogP contribution in [0.5, 0.6) is 0 Å². The highest BCUT2D eigenvalue weighted by Crippen LogP contribution is 2.12. The molecule has 0 aliphatic heterocycles. The van der Waals surface area contributed by atoms with E-state index >= 15 is 0 Å². The van der Waals surface area contributed by atoms with Crippen LogP contribution in [0.25, 0.3) is 0 Å². The third kappa shape index (κ3) is 2.62. The summed E-state index contributed by atoms with van der Waals surface area (Å²) in [6, 6.07) is 6.97. The molecule has 0 bridgehead atoms. The summed E-state index contributed by atoms with van der Waals surface area (Å²) < 4.78 is 0. The number of hydrogen-bond donors (Lipinski definition) is 3. The second kappa shape index (κ2) is 4.93. The van der Waals surface area contributed by atoms with Crippen molar-refractivity contribution in [2.45, 2.75) is 13.0 Å². The molecule has 4 N–H and O–H groups in total. The first-order chi connectivity index (χ1) is 8.99. The number of nitrogens with two attached hydrogens (primary N) is 1. The predicted molar refractivity (Wildman–Crippen MR) is 70.9 cm³/mol. The number of hydrogen-bond acceptors (Lipinski definition) is 5. The highest BCUT2D eigenvalue weighted by molar-refractivity contribution is 5.71. The van der Waals surface area contributed by atoms with Gasteiger partial charge >= 0.3 is 5.97 Å². The molecule has 2 aromatic carbocycles. The zero-order chi connectivity index (χ0) is 14.0. The Morgan fingerprint density at radius 3 is 2.53 bits per heavy atom. The van der Waals surface area contributed by atoms with Crippen molar-refractivity contribution < 1.29 is 9.90 Å². The standard InChI is InChI=1S/C13H12N2O4/c14-10-11(13(19)12(10)18)15-6-8-3-1-2-7(4-8)5-9(16)17/h1-4,15H,5-6,14H2,(H,16,17). The van der Waals surface area contributed by atoms with Crippen molar-refractivity contribution in [1.82, 2.24) is 0 Å². The normalized spacial score (nSPS) is 10.5. The lowest BCUT2D eigenvalue weighted by molar-refractivity contribution is -0.136. The van der Waals surface area contributed by atoms with E-state index < -0.39 is 16.8 Å². The van der Waals surface area contributed by atoms with Crippen LogP contribution in [-0.2, 0) is 17.8 Å². The van der Waals surface area contributed by atoms with Crippen molar-refractivity contribution in [2.75, 3.05) is 11.1 Å². The number of aliphatic carboxylic acids is 1. The lowest BCUT2D eigenvalue weighted by Gasteiger charge is -2.10. The number of anilines is 2. The Bertz CT molecular complexity index is 699. The van der Waals surface area contributed by atoms with Crippen molar-refractivity contribution in [1.29, 1.82) is 0 Å². The number of rotatable bonds is 5. The van der Waals surface area contributed by atoms with E-state index in [9.17, 15) is 14.4 Å². The molecule has 98 valence electrons. The van der Waals surface area contributed by atoms with Gasteiger partial charge in [0, 0.05) is 6.54 Å². The molecule has 0 spiro atoms. The van der Waals surface area contributed by atoms with E-state index in [-0.39, 0.29) is 17.8 Å². The van der Waals surface area contributed by atoms with Gasteiger partial charge in [-0.05, 0) is 11.1 Å². The smallest absolute Gasteiger partial charge is 0.307 e. The average molecular weight is 260 g/mol. The molecule has 2 aromatic rings. The van der Waals surface area contributed by atoms with E-state index in [2.05, 4.69) is 5.32 Å². The number of carboxylic acids is 1. The molecule has 0 fully saturated rings. The van der Waals surface area contributed by atoms with Gasteiger partial charge in [0.25, 0.3) is 10.9 Å². The number of carbonyl (C=O) groups is 1. The van der Waals surface area contributed by atoms with Crippen LogP contribution in [0, 0.1) is 0 Å². The summed E-state index contributed by atoms with van der Waals surface area (Å²) in [5.74, 6) is -0.906. The Kier molecular flexibility index (Phi) is 3.33. The zero-order valence-electron chi connectivity index (χ0n) is 9.97. The van der Waals surface area contributed by atoms with Gasteiger partial charge in [0.2, 0.25) is 0 Å². The molecular formula is C13H12N2O4. The van der Waals surface area contributed by atoms with Crippen molar-refractivity contribution in [2.24, 2.45) is 0 Å². The maximum absolute atomic E-state index is 11.2. The van der Waals surface area contributed by atoms with E-state index in [0.29, 0.717) is 12.1 Å². The Morgan fingerprint density at radius 1 is 1.21 bits per heavy atom. The fourth-order valence-electron chi connectivity index (χ4n) is 1.80. The molecule has 0 aliphatic rings. The first-order valence-corrected chi connectivity index (χ1v) is 5.61. The quantitative estimate of drug-likeness (QED) is 0.658. The fourth-order valence-corrected chi connectivity index (χ4v) is 1.80. The van der Waals surface area contributed by atoms with Crippen molar-refractivity contribution >= 4 is 17.3 Å². The van der Waals surface area contributed by atoms with Crippen molar-refractivity contribution in [3.63, 3.8) is 0 Å². The zero-order valence-corrected chi connectivity index (χ0v) is 9.97. The lowest BCUT2D eigenvalue weighted by atomic mass is 10.1. The van der Waals surface area contributed by atoms with Gasteiger partial charge in [-0.3, -0.25) is 14.4 Å². The molecule has 2 rings (SSSR count). The molecule has 0 saturated heterocycles. The summed E-state index contributed by atoms with van der Waals surface area (Å²) in [6.07, 6.45) is -0.0594. The summed E-state index contributed by atoms with van der Waals surface area (Å²) in [4.78, 5) is 32.7. The molecule has 0 atom stereocenters. The number of nitrogens with one attached hydrogen (secondary N) is 1. The molecule has 0 saturated carbocycles. The minimum absolute atomic E-state index is 0.0494. The van der Waals surface area contributed by atoms with Crippen molar-refractivity contribution in [3.05, 3.63) is 55.8 Å². The van der Waals surface area contributed by atoms with E-state index in [1.165, 1.54) is 0 Å². The van der Waals surface area contributed by atoms with Crippen LogP contribution in [0.2, 0.25) is 0 Å². The summed E-state index contributed by atoms with van der Waals surface area (Å²) >= 11 is 0. The minimum Gasteiger partial charge on any atom is -0.481 e. The molecule has 6 nitrogen and oxygen atoms in total. The van der Waals surface area contributed by atoms with E-state index in [1.54, 1.807) is 24.3 Å². The number of benzene rings is 1. The van der Waals surface area contributed by atoms with Gasteiger partial charge in [-0.25, -0.2) is 0 Å². The topological polar surface area (TPSA) is 109 Å². The van der Waals surface area contributed by atoms with Crippen LogP contribution in [0.15, 0.2) is 33.9 Å². The van der Waals surface area contributed by atoms with Gasteiger partial charge in [-0.15, -0.1) is 0 Å². The minimum atomic E-state index is -0.906. The van der Waals surface area contributed by atoms with E-state index in [4.69, 9.17) is 10.8 Å². The summed E-state index contributed by atoms with van der Waals surface area (Å²) in [6.45, 7) is 0.308. The molecule has 0 radical (unpaired) electrons. The largest absolute Gasteiger partial charge is 0.481 e. The van der Waals surface area contributed by atoms with Gasteiger partial charge in [-0.1, -0.05) is 24.3 Å². The molecule has 0 unspecified atom stereocenters. The summed E-state index contributed by atoms with van der Waals surface area (Å²) in [7, 11) is 0. The van der Waals surface area contributed by atoms with Crippen LogP contribution in [0.1, 0.15) is 11.1 Å². The van der Waals surface area contributed by atoms with Gasteiger partial charge in [0.1, 0.15) is 11.4 Å². The first-order valence-electron chi connectivity index (χ1n) is 5.61. The Labute approximate surface area is 108 Å². The van der Waals surface area contributed by atoms with E-state index in [0.717, 1.165) is 5.56 Å². The number of nitrogen functional groups attached to an aromatic ring is 1. The maximum Gasteiger partial charge on any atom is 0.307 e. The van der Waals surface area contributed by atoms with Crippen LogP contribution in [0.3, 0.4) is 0 Å². The monoisotopic (exact) mass is 260 g/mol. The van der Waals surface area contributed by atoms with Crippen LogP contribution < -0.4 is 21.9 Å². The SMILES string of the molecule is Nc1c(NCc2cccc(CC(=O)O)c2)c(=O)c1=O. The van der Waals surface area contributed by atoms with Gasteiger partial charge < -0.3 is 16.2 Å². The molecule has 0 amide bonds. The molecular weight excluding hydrogens is 248 g/mol. The van der Waals surface area contributed by atoms with Crippen LogP contribution >= 0.6 is 0 Å². The highest BCUT2D eigenvalue weighted by atomic mass is 16.4. The van der Waals surface area contributed by atoms with Crippen LogP contribution in [0.4, 0.5) is 11.4 Å². The maximum atomic E-state index is 11.2. The second-order valence-corrected chi connectivity index (χ2v) is 4.19. The first kappa shape index (κ1) is 12.8. The Hall–Kier alpha value is -2.63. The van der Waals surface area contributed by atoms with E-state index in [1.807, 2.05) is 0 Å². The summed E-state index contributed by atoms with van der Waals surface area (Å²) in [5, 5.41) is 11.5. The summed E-state index contributed by atoms with van der Waals surface area (Å²) in [5.41, 5.74) is 5.68. The molecule has 0 heterocycles. The predicted octanol–water partition coefficient (Wildman–Crippen LogP) is 0.104. The molecule has 19 heavy (non-hydrogen) atoms. The Morgan fingerprint density at radius 2 is 1.89 bits per heavy atom.